The van der Waals surface area contributed by atoms with Gasteiger partial charge in [0.25, 0.3) is 0 Å². The van der Waals surface area contributed by atoms with Crippen molar-refractivity contribution in [2.45, 2.75) is 26.2 Å². The molecule has 0 aliphatic rings. The fraction of sp³-hybridized carbons (Fsp3) is 0.417. The molecule has 88 valence electrons. The molecule has 1 atom stereocenters. The van der Waals surface area contributed by atoms with E-state index >= 15 is 0 Å². The van der Waals surface area contributed by atoms with Crippen molar-refractivity contribution < 1.29 is 9.90 Å². The number of hydrogen-bond acceptors (Lipinski definition) is 2. The first-order valence-electron chi connectivity index (χ1n) is 5.14. The van der Waals surface area contributed by atoms with Crippen molar-refractivity contribution in [1.29, 1.82) is 0 Å². The van der Waals surface area contributed by atoms with Crippen molar-refractivity contribution in [3.8, 4) is 0 Å². The van der Waals surface area contributed by atoms with Crippen molar-refractivity contribution in [2.75, 3.05) is 6.54 Å². The van der Waals surface area contributed by atoms with E-state index in [1.165, 1.54) is 0 Å². The van der Waals surface area contributed by atoms with Crippen LogP contribution >= 0.6 is 11.6 Å². The highest BCUT2D eigenvalue weighted by molar-refractivity contribution is 6.31. The SMILES string of the molecule is Cc1cc(C(CN)CC(=O)O)c(C)cc1Cl. The summed E-state index contributed by atoms with van der Waals surface area (Å²) in [6.45, 7) is 4.15. The van der Waals surface area contributed by atoms with Gasteiger partial charge in [0.15, 0.2) is 0 Å². The van der Waals surface area contributed by atoms with Gasteiger partial charge in [0.1, 0.15) is 0 Å². The minimum Gasteiger partial charge on any atom is -0.481 e. The minimum atomic E-state index is -0.831. The highest BCUT2D eigenvalue weighted by atomic mass is 35.5. The van der Waals surface area contributed by atoms with Crippen LogP contribution in [0.4, 0.5) is 0 Å². The molecule has 0 aliphatic heterocycles. The third kappa shape index (κ3) is 2.97. The number of hydrogen-bond donors (Lipinski definition) is 2. The first-order valence-corrected chi connectivity index (χ1v) is 5.52. The van der Waals surface area contributed by atoms with E-state index in [9.17, 15) is 4.79 Å². The van der Waals surface area contributed by atoms with E-state index in [0.717, 1.165) is 16.7 Å². The molecule has 0 aliphatic carbocycles. The maximum atomic E-state index is 10.7. The summed E-state index contributed by atoms with van der Waals surface area (Å²) in [6.07, 6.45) is 0.0540. The normalized spacial score (nSPS) is 12.5. The van der Waals surface area contributed by atoms with E-state index in [1.807, 2.05) is 26.0 Å². The zero-order valence-corrected chi connectivity index (χ0v) is 10.2. The predicted octanol–water partition coefficient (Wildman–Crippen LogP) is 2.47. The molecule has 0 aromatic heterocycles. The lowest BCUT2D eigenvalue weighted by atomic mass is 9.91. The largest absolute Gasteiger partial charge is 0.481 e. The summed E-state index contributed by atoms with van der Waals surface area (Å²) in [5.74, 6) is -0.976. The van der Waals surface area contributed by atoms with Gasteiger partial charge in [0.2, 0.25) is 0 Å². The van der Waals surface area contributed by atoms with Crippen LogP contribution in [0.5, 0.6) is 0 Å². The van der Waals surface area contributed by atoms with Gasteiger partial charge in [-0.25, -0.2) is 0 Å². The Balaban J connectivity index is 3.09. The van der Waals surface area contributed by atoms with Gasteiger partial charge < -0.3 is 10.8 Å². The van der Waals surface area contributed by atoms with Crippen LogP contribution in [0, 0.1) is 13.8 Å². The van der Waals surface area contributed by atoms with Gasteiger partial charge in [-0.05, 0) is 43.1 Å². The Kier molecular flexibility index (Phi) is 4.33. The van der Waals surface area contributed by atoms with E-state index in [-0.39, 0.29) is 12.3 Å². The van der Waals surface area contributed by atoms with Gasteiger partial charge in [0.05, 0.1) is 6.42 Å². The van der Waals surface area contributed by atoms with Crippen molar-refractivity contribution in [3.05, 3.63) is 33.8 Å². The molecule has 3 N–H and O–H groups in total. The van der Waals surface area contributed by atoms with E-state index in [1.54, 1.807) is 0 Å². The predicted molar refractivity (Wildman–Crippen MR) is 65.0 cm³/mol. The van der Waals surface area contributed by atoms with E-state index in [2.05, 4.69) is 0 Å². The molecule has 0 spiro atoms. The molecule has 1 aromatic rings. The lowest BCUT2D eigenvalue weighted by Crippen LogP contribution is -2.17. The van der Waals surface area contributed by atoms with Crippen LogP contribution in [0.2, 0.25) is 5.02 Å². The molecule has 1 unspecified atom stereocenters. The van der Waals surface area contributed by atoms with Gasteiger partial charge in [0, 0.05) is 10.9 Å². The molecule has 0 fully saturated rings. The fourth-order valence-corrected chi connectivity index (χ4v) is 1.99. The zero-order chi connectivity index (χ0) is 12.3. The number of halogens is 1. The lowest BCUT2D eigenvalue weighted by Gasteiger charge is -2.17. The first kappa shape index (κ1) is 13.0. The molecule has 1 rings (SSSR count). The molecule has 0 bridgehead atoms. The van der Waals surface area contributed by atoms with Gasteiger partial charge in [-0.3, -0.25) is 4.79 Å². The standard InChI is InChI=1S/C12H16ClNO2/c1-7-4-11(13)8(2)3-10(7)9(6-14)5-12(15)16/h3-4,9H,5-6,14H2,1-2H3,(H,15,16). The van der Waals surface area contributed by atoms with Crippen LogP contribution in [0.15, 0.2) is 12.1 Å². The molecule has 0 saturated heterocycles. The van der Waals surface area contributed by atoms with Crippen LogP contribution in [-0.4, -0.2) is 17.6 Å². The Labute approximate surface area is 100 Å². The van der Waals surface area contributed by atoms with Crippen molar-refractivity contribution in [2.24, 2.45) is 5.73 Å². The smallest absolute Gasteiger partial charge is 0.304 e. The number of carboxylic acids is 1. The van der Waals surface area contributed by atoms with Crippen LogP contribution in [-0.2, 0) is 4.79 Å². The summed E-state index contributed by atoms with van der Waals surface area (Å²) in [5, 5.41) is 9.51. The van der Waals surface area contributed by atoms with Gasteiger partial charge in [-0.2, -0.15) is 0 Å². The second-order valence-electron chi connectivity index (χ2n) is 3.99. The number of carbonyl (C=O) groups is 1. The van der Waals surface area contributed by atoms with Crippen LogP contribution in [0.25, 0.3) is 0 Å². The second kappa shape index (κ2) is 5.32. The molecule has 4 heteroatoms. The van der Waals surface area contributed by atoms with Gasteiger partial charge >= 0.3 is 5.97 Å². The summed E-state index contributed by atoms with van der Waals surface area (Å²) in [4.78, 5) is 10.7. The molecule has 16 heavy (non-hydrogen) atoms. The Bertz CT molecular complexity index is 404. The molecule has 0 saturated carbocycles. The minimum absolute atomic E-state index is 0.0540. The summed E-state index contributed by atoms with van der Waals surface area (Å²) < 4.78 is 0. The topological polar surface area (TPSA) is 63.3 Å². The zero-order valence-electron chi connectivity index (χ0n) is 9.46. The van der Waals surface area contributed by atoms with Crippen LogP contribution < -0.4 is 5.73 Å². The van der Waals surface area contributed by atoms with E-state index in [4.69, 9.17) is 22.4 Å². The van der Waals surface area contributed by atoms with Crippen molar-refractivity contribution in [3.63, 3.8) is 0 Å². The highest BCUT2D eigenvalue weighted by Crippen LogP contribution is 2.27. The third-order valence-electron chi connectivity index (χ3n) is 2.69. The molecular weight excluding hydrogens is 226 g/mol. The van der Waals surface area contributed by atoms with Crippen molar-refractivity contribution in [1.82, 2.24) is 0 Å². The number of aryl methyl sites for hydroxylation is 2. The number of rotatable bonds is 4. The van der Waals surface area contributed by atoms with Crippen LogP contribution in [0.3, 0.4) is 0 Å². The third-order valence-corrected chi connectivity index (χ3v) is 3.10. The van der Waals surface area contributed by atoms with E-state index in [0.29, 0.717) is 11.6 Å². The monoisotopic (exact) mass is 241 g/mol. The molecule has 0 heterocycles. The van der Waals surface area contributed by atoms with Gasteiger partial charge in [-0.15, -0.1) is 0 Å². The second-order valence-corrected chi connectivity index (χ2v) is 4.40. The van der Waals surface area contributed by atoms with Gasteiger partial charge in [-0.1, -0.05) is 17.7 Å². The maximum Gasteiger partial charge on any atom is 0.304 e. The average Bonchev–Trinajstić information content (AvgIpc) is 2.20. The summed E-state index contributed by atoms with van der Waals surface area (Å²) in [7, 11) is 0. The molecule has 1 aromatic carbocycles. The number of aliphatic carboxylic acids is 1. The Hall–Kier alpha value is -1.06. The quantitative estimate of drug-likeness (QED) is 0.851. The van der Waals surface area contributed by atoms with Crippen LogP contribution in [0.1, 0.15) is 29.0 Å². The maximum absolute atomic E-state index is 10.7. The van der Waals surface area contributed by atoms with E-state index < -0.39 is 5.97 Å². The lowest BCUT2D eigenvalue weighted by molar-refractivity contribution is -0.137. The number of benzene rings is 1. The first-order chi connectivity index (χ1) is 7.45. The molecule has 0 radical (unpaired) electrons. The molecule has 0 amide bonds. The highest BCUT2D eigenvalue weighted by Gasteiger charge is 2.16. The fourth-order valence-electron chi connectivity index (χ4n) is 1.77. The molecular formula is C12H16ClNO2. The summed E-state index contributed by atoms with van der Waals surface area (Å²) >= 11 is 5.99. The Morgan fingerprint density at radius 3 is 2.56 bits per heavy atom. The average molecular weight is 242 g/mol. The number of carboxylic acid groups (broad SMARTS) is 1. The molecule has 3 nitrogen and oxygen atoms in total. The van der Waals surface area contributed by atoms with Crippen molar-refractivity contribution >= 4 is 17.6 Å². The summed E-state index contributed by atoms with van der Waals surface area (Å²) in [6, 6.07) is 3.79. The summed E-state index contributed by atoms with van der Waals surface area (Å²) in [5.41, 5.74) is 8.54. The number of nitrogens with two attached hydrogens (primary N) is 1. The Morgan fingerprint density at radius 1 is 1.44 bits per heavy atom. The Morgan fingerprint density at radius 2 is 2.06 bits per heavy atom.